The van der Waals surface area contributed by atoms with Gasteiger partial charge in [-0.3, -0.25) is 0 Å². The highest BCUT2D eigenvalue weighted by Gasteiger charge is 2.31. The molecule has 0 saturated heterocycles. The lowest BCUT2D eigenvalue weighted by Crippen LogP contribution is -2.24. The fourth-order valence-electron chi connectivity index (χ4n) is 1.76. The largest absolute Gasteiger partial charge is 0.114 e. The average molecular weight is 685 g/mol. The topological polar surface area (TPSA) is 0 Å². The molecule has 0 radical (unpaired) electrons. The smallest absolute Gasteiger partial charge is 0.0756 e. The van der Waals surface area contributed by atoms with Crippen molar-refractivity contribution in [1.82, 2.24) is 0 Å². The summed E-state index contributed by atoms with van der Waals surface area (Å²) in [6, 6.07) is 6.38. The van der Waals surface area contributed by atoms with E-state index in [9.17, 15) is 0 Å². The Balaban J connectivity index is 3.55. The molecule has 1 aromatic carbocycles. The summed E-state index contributed by atoms with van der Waals surface area (Å²) >= 11 is 27.0. The summed E-state index contributed by atoms with van der Waals surface area (Å²) in [5.41, 5.74) is 3.25. The average Bonchev–Trinajstić information content (AvgIpc) is 2.46. The van der Waals surface area contributed by atoms with E-state index < -0.39 is 14.6 Å². The van der Waals surface area contributed by atoms with Crippen molar-refractivity contribution < 1.29 is 0 Å². The first-order valence-corrected chi connectivity index (χ1v) is 12.1. The van der Waals surface area contributed by atoms with Crippen molar-refractivity contribution in [3.8, 4) is 0 Å². The molecule has 120 valence electrons. The van der Waals surface area contributed by atoms with Crippen LogP contribution < -0.4 is 0 Å². The number of rotatable bonds is 6. The Morgan fingerprint density at radius 3 is 1.00 bits per heavy atom. The lowest BCUT2D eigenvalue weighted by atomic mass is 9.89. The maximum atomic E-state index is 6.68. The van der Waals surface area contributed by atoms with Crippen LogP contribution in [0.2, 0.25) is 0 Å². The second-order valence-corrected chi connectivity index (χ2v) is 10.6. The Morgan fingerprint density at radius 1 is 0.667 bits per heavy atom. The summed E-state index contributed by atoms with van der Waals surface area (Å²) in [5, 5.41) is 0. The molecule has 0 spiro atoms. The zero-order chi connectivity index (χ0) is 16.5. The maximum absolute atomic E-state index is 6.68. The van der Waals surface area contributed by atoms with E-state index in [0.29, 0.717) is 0 Å². The van der Waals surface area contributed by atoms with Crippen LogP contribution in [0.15, 0.2) is 18.2 Å². The molecule has 0 aliphatic rings. The second-order valence-electron chi connectivity index (χ2n) is 5.79. The van der Waals surface area contributed by atoms with E-state index in [1.165, 1.54) is 0 Å². The fourth-order valence-corrected chi connectivity index (χ4v) is 3.41. The summed E-state index contributed by atoms with van der Waals surface area (Å²) in [5.74, 6) is 0. The molecule has 0 aliphatic carbocycles. The monoisotopic (exact) mass is 684 g/mol. The standard InChI is InChI=1S/C15H18Cl3I3/c1-13(16,7-19)10-4-11(14(2,17)8-20)6-12(5-10)15(3,18)9-21/h4-6H,7-9H2,1-3H3. The minimum absolute atomic E-state index is 0.415. The van der Waals surface area contributed by atoms with E-state index in [1.807, 2.05) is 20.8 Å². The first kappa shape index (κ1) is 21.3. The van der Waals surface area contributed by atoms with Crippen LogP contribution in [0, 0.1) is 0 Å². The predicted octanol–water partition coefficient (Wildman–Crippen LogP) is 7.35. The van der Waals surface area contributed by atoms with Crippen molar-refractivity contribution in [2.45, 2.75) is 35.4 Å². The normalized spacial score (nSPS) is 20.4. The minimum atomic E-state index is -0.415. The first-order chi connectivity index (χ1) is 9.50. The SMILES string of the molecule is CC(Cl)(CI)c1cc(C(C)(Cl)CI)cc(C(C)(Cl)CI)c1. The van der Waals surface area contributed by atoms with E-state index >= 15 is 0 Å². The Bertz CT molecular complexity index is 415. The van der Waals surface area contributed by atoms with Gasteiger partial charge in [-0.2, -0.15) is 0 Å². The van der Waals surface area contributed by atoms with Crippen molar-refractivity contribution in [1.29, 1.82) is 0 Å². The van der Waals surface area contributed by atoms with Gasteiger partial charge in [0.15, 0.2) is 0 Å². The molecule has 6 heteroatoms. The van der Waals surface area contributed by atoms with Crippen LogP contribution in [0.3, 0.4) is 0 Å². The van der Waals surface area contributed by atoms with Gasteiger partial charge in [0, 0.05) is 13.3 Å². The second kappa shape index (κ2) is 8.11. The maximum Gasteiger partial charge on any atom is 0.0756 e. The van der Waals surface area contributed by atoms with Crippen molar-refractivity contribution in [2.75, 3.05) is 13.3 Å². The van der Waals surface area contributed by atoms with Gasteiger partial charge in [-0.15, -0.1) is 34.8 Å². The van der Waals surface area contributed by atoms with Crippen molar-refractivity contribution in [2.24, 2.45) is 0 Å². The molecule has 3 atom stereocenters. The van der Waals surface area contributed by atoms with Gasteiger partial charge in [0.1, 0.15) is 0 Å². The Hall–Kier alpha value is 2.28. The van der Waals surface area contributed by atoms with Gasteiger partial charge in [0.25, 0.3) is 0 Å². The van der Waals surface area contributed by atoms with E-state index in [1.54, 1.807) is 0 Å². The van der Waals surface area contributed by atoms with E-state index in [2.05, 4.69) is 86.0 Å². The van der Waals surface area contributed by atoms with Gasteiger partial charge in [0.05, 0.1) is 14.6 Å². The lowest BCUT2D eigenvalue weighted by molar-refractivity contribution is 0.734. The van der Waals surface area contributed by atoms with E-state index in [0.717, 1.165) is 30.0 Å². The molecule has 0 aromatic heterocycles. The van der Waals surface area contributed by atoms with Gasteiger partial charge in [-0.05, 0) is 37.5 Å². The molecule has 0 saturated carbocycles. The predicted molar refractivity (Wildman–Crippen MR) is 123 cm³/mol. The van der Waals surface area contributed by atoms with Crippen LogP contribution >= 0.6 is 103 Å². The van der Waals surface area contributed by atoms with Gasteiger partial charge >= 0.3 is 0 Å². The summed E-state index contributed by atoms with van der Waals surface area (Å²) in [6.45, 7) is 6.11. The molecule has 0 amide bonds. The van der Waals surface area contributed by atoms with Crippen LogP contribution in [0.4, 0.5) is 0 Å². The van der Waals surface area contributed by atoms with Crippen LogP contribution in [-0.2, 0) is 14.6 Å². The highest BCUT2D eigenvalue weighted by atomic mass is 127. The fraction of sp³-hybridized carbons (Fsp3) is 0.600. The van der Waals surface area contributed by atoms with Gasteiger partial charge in [-0.25, -0.2) is 0 Å². The van der Waals surface area contributed by atoms with Crippen LogP contribution in [-0.4, -0.2) is 13.3 Å². The number of alkyl halides is 6. The zero-order valence-corrected chi connectivity index (χ0v) is 20.9. The van der Waals surface area contributed by atoms with Gasteiger partial charge in [0.2, 0.25) is 0 Å². The quantitative estimate of drug-likeness (QED) is 0.217. The molecule has 0 nitrogen and oxygen atoms in total. The third kappa shape index (κ3) is 5.38. The summed E-state index contributed by atoms with van der Waals surface area (Å²) in [6.07, 6.45) is 0. The van der Waals surface area contributed by atoms with Crippen molar-refractivity contribution in [3.63, 3.8) is 0 Å². The van der Waals surface area contributed by atoms with Gasteiger partial charge < -0.3 is 0 Å². The molecule has 0 N–H and O–H groups in total. The molecule has 0 heterocycles. The number of halogens is 6. The number of hydrogen-bond donors (Lipinski definition) is 0. The minimum Gasteiger partial charge on any atom is -0.114 e. The number of hydrogen-bond acceptors (Lipinski definition) is 0. The number of benzene rings is 1. The Labute approximate surface area is 183 Å². The Morgan fingerprint density at radius 2 is 0.857 bits per heavy atom. The zero-order valence-electron chi connectivity index (χ0n) is 12.1. The molecule has 0 fully saturated rings. The molecule has 0 aliphatic heterocycles. The molecule has 1 rings (SSSR count). The third-order valence-electron chi connectivity index (χ3n) is 3.49. The molecule has 0 bridgehead atoms. The first-order valence-electron chi connectivity index (χ1n) is 6.41. The van der Waals surface area contributed by atoms with E-state index in [-0.39, 0.29) is 0 Å². The molecule has 21 heavy (non-hydrogen) atoms. The van der Waals surface area contributed by atoms with Crippen LogP contribution in [0.25, 0.3) is 0 Å². The molecule has 3 unspecified atom stereocenters. The third-order valence-corrected chi connectivity index (χ3v) is 10.5. The van der Waals surface area contributed by atoms with Crippen molar-refractivity contribution >= 4 is 103 Å². The summed E-state index contributed by atoms with van der Waals surface area (Å²) in [4.78, 5) is -1.24. The highest BCUT2D eigenvalue weighted by Crippen LogP contribution is 2.41. The van der Waals surface area contributed by atoms with Crippen LogP contribution in [0.5, 0.6) is 0 Å². The molecular weight excluding hydrogens is 667 g/mol. The molecular formula is C15H18Cl3I3. The Kier molecular flexibility index (Phi) is 8.23. The summed E-state index contributed by atoms with van der Waals surface area (Å²) in [7, 11) is 0. The summed E-state index contributed by atoms with van der Waals surface area (Å²) < 4.78 is 2.46. The lowest BCUT2D eigenvalue weighted by Gasteiger charge is -2.29. The molecule has 1 aromatic rings. The van der Waals surface area contributed by atoms with E-state index in [4.69, 9.17) is 34.8 Å². The van der Waals surface area contributed by atoms with Crippen LogP contribution in [0.1, 0.15) is 37.5 Å². The van der Waals surface area contributed by atoms with Crippen molar-refractivity contribution in [3.05, 3.63) is 34.9 Å². The highest BCUT2D eigenvalue weighted by molar-refractivity contribution is 14.1. The van der Waals surface area contributed by atoms with Gasteiger partial charge in [-0.1, -0.05) is 86.0 Å².